The number of hydrogen-bond donors (Lipinski definition) is 3. The summed E-state index contributed by atoms with van der Waals surface area (Å²) in [5.74, 6) is 1.35. The fourth-order valence-corrected chi connectivity index (χ4v) is 6.93. The monoisotopic (exact) mass is 776 g/mol. The summed E-state index contributed by atoms with van der Waals surface area (Å²) >= 11 is 0. The first-order valence-corrected chi connectivity index (χ1v) is 19.6. The molecule has 296 valence electrons. The maximum atomic E-state index is 12.4. The molecule has 2 aromatic heterocycles. The van der Waals surface area contributed by atoms with E-state index in [0.29, 0.717) is 29.7 Å². The molecule has 2 aliphatic carbocycles. The van der Waals surface area contributed by atoms with Crippen LogP contribution in [-0.4, -0.2) is 47.8 Å². The Morgan fingerprint density at radius 1 is 0.655 bits per heavy atom. The molecule has 2 fully saturated rings. The van der Waals surface area contributed by atoms with Gasteiger partial charge in [-0.05, 0) is 130 Å². The Bertz CT molecular complexity index is 2460. The molecule has 0 saturated heterocycles. The molecule has 0 spiro atoms. The van der Waals surface area contributed by atoms with E-state index in [1.807, 2.05) is 93.7 Å². The summed E-state index contributed by atoms with van der Waals surface area (Å²) in [5.41, 5.74) is 12.0. The molecule has 0 atom stereocenters. The van der Waals surface area contributed by atoms with E-state index in [1.54, 1.807) is 32.5 Å². The third kappa shape index (κ3) is 9.46. The van der Waals surface area contributed by atoms with Crippen molar-refractivity contribution in [1.29, 1.82) is 0 Å². The average Bonchev–Trinajstić information content (AvgIpc) is 4.18. The summed E-state index contributed by atoms with van der Waals surface area (Å²) in [4.78, 5) is 33.5. The Labute approximate surface area is 339 Å². The highest BCUT2D eigenvalue weighted by Gasteiger charge is 2.29. The van der Waals surface area contributed by atoms with Crippen molar-refractivity contribution in [3.63, 3.8) is 0 Å². The number of nitrogens with one attached hydrogen (secondary N) is 2. The lowest BCUT2D eigenvalue weighted by Crippen LogP contribution is -2.08. The third-order valence-corrected chi connectivity index (χ3v) is 10.2. The Kier molecular flexibility index (Phi) is 12.0. The number of methoxy groups -OCH3 is 2. The second kappa shape index (κ2) is 17.6. The molecule has 8 rings (SSSR count). The molecular formula is C48H48N4O6. The van der Waals surface area contributed by atoms with Crippen LogP contribution >= 0.6 is 0 Å². The molecule has 6 aromatic rings. The molecule has 0 unspecified atom stereocenters. The molecule has 0 bridgehead atoms. The Morgan fingerprint density at radius 3 is 1.55 bits per heavy atom. The first-order chi connectivity index (χ1) is 28.1. The van der Waals surface area contributed by atoms with Gasteiger partial charge in [-0.3, -0.25) is 9.97 Å². The van der Waals surface area contributed by atoms with Gasteiger partial charge in [0.25, 0.3) is 0 Å². The molecule has 2 saturated carbocycles. The Morgan fingerprint density at radius 2 is 1.12 bits per heavy atom. The number of ether oxygens (including phenoxy) is 3. The van der Waals surface area contributed by atoms with Crippen LogP contribution < -0.4 is 20.1 Å². The number of carbonyl (C=O) groups is 2. The zero-order chi connectivity index (χ0) is 40.8. The molecule has 0 amide bonds. The zero-order valence-electron chi connectivity index (χ0n) is 33.5. The third-order valence-electron chi connectivity index (χ3n) is 10.2. The maximum absolute atomic E-state index is 12.4. The number of carbonyl (C=O) groups excluding carboxylic acids is 1. The fourth-order valence-electron chi connectivity index (χ4n) is 6.93. The predicted octanol–water partition coefficient (Wildman–Crippen LogP) is 11.2. The molecule has 3 N–H and O–H groups in total. The summed E-state index contributed by atoms with van der Waals surface area (Å²) in [5, 5.41) is 16.1. The molecule has 4 aromatic carbocycles. The number of benzene rings is 4. The largest absolute Gasteiger partial charge is 0.497 e. The number of hydrogen-bond acceptors (Lipinski definition) is 9. The van der Waals surface area contributed by atoms with E-state index in [0.717, 1.165) is 75.0 Å². The van der Waals surface area contributed by atoms with Crippen LogP contribution in [0.25, 0.3) is 22.5 Å². The van der Waals surface area contributed by atoms with Crippen LogP contribution in [0, 0.1) is 13.8 Å². The topological polar surface area (TPSA) is 132 Å². The van der Waals surface area contributed by atoms with Crippen LogP contribution in [0.2, 0.25) is 0 Å². The van der Waals surface area contributed by atoms with Gasteiger partial charge in [0.05, 0.1) is 78.5 Å². The summed E-state index contributed by atoms with van der Waals surface area (Å²) in [6, 6.07) is 31.2. The number of aryl methyl sites for hydroxylation is 2. The number of pyridine rings is 2. The molecule has 2 heterocycles. The molecular weight excluding hydrogens is 729 g/mol. The maximum Gasteiger partial charge on any atom is 0.340 e. The van der Waals surface area contributed by atoms with Gasteiger partial charge in [0.1, 0.15) is 11.5 Å². The molecule has 2 aliphatic rings. The van der Waals surface area contributed by atoms with Gasteiger partial charge < -0.3 is 30.0 Å². The average molecular weight is 777 g/mol. The van der Waals surface area contributed by atoms with Crippen molar-refractivity contribution < 1.29 is 28.9 Å². The van der Waals surface area contributed by atoms with Crippen molar-refractivity contribution >= 4 is 34.7 Å². The Hall–Kier alpha value is -6.68. The number of rotatable bonds is 13. The van der Waals surface area contributed by atoms with Gasteiger partial charge in [0, 0.05) is 11.1 Å². The minimum Gasteiger partial charge on any atom is -0.497 e. The summed E-state index contributed by atoms with van der Waals surface area (Å²) in [6.45, 7) is 5.99. The molecule has 10 heteroatoms. The van der Waals surface area contributed by atoms with E-state index in [9.17, 15) is 14.7 Å². The molecule has 0 aliphatic heterocycles. The second-order valence-corrected chi connectivity index (χ2v) is 14.7. The molecule has 58 heavy (non-hydrogen) atoms. The van der Waals surface area contributed by atoms with Gasteiger partial charge in [-0.15, -0.1) is 0 Å². The highest BCUT2D eigenvalue weighted by molar-refractivity contribution is 5.97. The van der Waals surface area contributed by atoms with Crippen LogP contribution in [0.3, 0.4) is 0 Å². The SMILES string of the molecule is CCOC(=O)c1cc(C)ccc1Nc1cnc(-c2cccc(OC)c2)c(C2CC2)c1.COc1cccc(-c2ncc(Nc3ccc(C)cc3C(=O)O)cc2C2CC2)c1. The van der Waals surface area contributed by atoms with E-state index in [1.165, 1.54) is 24.0 Å². The number of anilines is 4. The van der Waals surface area contributed by atoms with E-state index < -0.39 is 5.97 Å². The number of aromatic carboxylic acids is 1. The van der Waals surface area contributed by atoms with Crippen LogP contribution in [0.4, 0.5) is 22.7 Å². The van der Waals surface area contributed by atoms with Crippen LogP contribution in [-0.2, 0) is 4.74 Å². The number of esters is 1. The lowest BCUT2D eigenvalue weighted by Gasteiger charge is -2.15. The quantitative estimate of drug-likeness (QED) is 0.0974. The van der Waals surface area contributed by atoms with Gasteiger partial charge in [0.15, 0.2) is 0 Å². The van der Waals surface area contributed by atoms with Crippen molar-refractivity contribution in [3.8, 4) is 34.0 Å². The normalized spacial score (nSPS) is 13.1. The van der Waals surface area contributed by atoms with E-state index in [2.05, 4.69) is 28.8 Å². The highest BCUT2D eigenvalue weighted by Crippen LogP contribution is 2.46. The lowest BCUT2D eigenvalue weighted by molar-refractivity contribution is 0.0527. The van der Waals surface area contributed by atoms with Crippen molar-refractivity contribution in [1.82, 2.24) is 9.97 Å². The standard InChI is InChI=1S/C25H26N2O3.C23H22N2O3/c1-4-30-25(28)22-12-16(2)8-11-23(22)27-19-14-21(17-9-10-17)24(26-15-19)18-6-5-7-20(13-18)29-3;1-14-6-9-21(20(10-14)23(26)27)25-17-12-19(15-7-8-15)22(24-13-17)16-4-3-5-18(11-16)28-2/h5-8,11-15,17,27H,4,9-10H2,1-3H3;3-6,9-13,15,25H,7-8H2,1-2H3,(H,26,27). The zero-order valence-corrected chi connectivity index (χ0v) is 33.5. The number of nitrogens with zero attached hydrogens (tertiary/aromatic N) is 2. The minimum atomic E-state index is -0.949. The van der Waals surface area contributed by atoms with Crippen molar-refractivity contribution in [2.24, 2.45) is 0 Å². The van der Waals surface area contributed by atoms with Gasteiger partial charge in [0.2, 0.25) is 0 Å². The summed E-state index contributed by atoms with van der Waals surface area (Å²) in [6.07, 6.45) is 8.20. The molecule has 0 radical (unpaired) electrons. The van der Waals surface area contributed by atoms with Crippen LogP contribution in [0.15, 0.2) is 109 Å². The van der Waals surface area contributed by atoms with Gasteiger partial charge in [-0.25, -0.2) is 9.59 Å². The number of aromatic nitrogens is 2. The van der Waals surface area contributed by atoms with E-state index in [4.69, 9.17) is 24.2 Å². The van der Waals surface area contributed by atoms with E-state index in [-0.39, 0.29) is 11.5 Å². The highest BCUT2D eigenvalue weighted by atomic mass is 16.5. The first-order valence-electron chi connectivity index (χ1n) is 19.6. The van der Waals surface area contributed by atoms with Gasteiger partial charge in [-0.2, -0.15) is 0 Å². The first kappa shape index (κ1) is 39.6. The minimum absolute atomic E-state index is 0.254. The smallest absolute Gasteiger partial charge is 0.340 e. The van der Waals surface area contributed by atoms with E-state index >= 15 is 0 Å². The number of carboxylic acid groups (broad SMARTS) is 1. The number of carboxylic acids is 1. The molecule has 10 nitrogen and oxygen atoms in total. The summed E-state index contributed by atoms with van der Waals surface area (Å²) < 4.78 is 15.9. The lowest BCUT2D eigenvalue weighted by atomic mass is 10.0. The van der Waals surface area contributed by atoms with Gasteiger partial charge >= 0.3 is 11.9 Å². The van der Waals surface area contributed by atoms with Crippen LogP contribution in [0.1, 0.15) is 87.4 Å². The van der Waals surface area contributed by atoms with Crippen molar-refractivity contribution in [2.45, 2.75) is 58.3 Å². The van der Waals surface area contributed by atoms with Crippen LogP contribution in [0.5, 0.6) is 11.5 Å². The second-order valence-electron chi connectivity index (χ2n) is 14.7. The van der Waals surface area contributed by atoms with Crippen molar-refractivity contribution in [3.05, 3.63) is 143 Å². The van der Waals surface area contributed by atoms with Crippen molar-refractivity contribution in [2.75, 3.05) is 31.5 Å². The predicted molar refractivity (Wildman–Crippen MR) is 228 cm³/mol. The summed E-state index contributed by atoms with van der Waals surface area (Å²) in [7, 11) is 3.33. The van der Waals surface area contributed by atoms with Gasteiger partial charge in [-0.1, -0.05) is 47.5 Å². The fraction of sp³-hybridized carbons (Fsp3) is 0.250. The Balaban J connectivity index is 0.000000177.